The second-order valence-electron chi connectivity index (χ2n) is 4.16. The summed E-state index contributed by atoms with van der Waals surface area (Å²) in [4.78, 5) is 0.959. The Balaban J connectivity index is 2.25. The molecule has 1 aromatic carbocycles. The summed E-state index contributed by atoms with van der Waals surface area (Å²) in [6.45, 7) is 3.07. The van der Waals surface area contributed by atoms with Crippen molar-refractivity contribution >= 4 is 33.2 Å². The molecule has 106 valence electrons. The van der Waals surface area contributed by atoms with Crippen molar-refractivity contribution in [2.45, 2.75) is 11.8 Å². The molecule has 0 spiro atoms. The summed E-state index contributed by atoms with van der Waals surface area (Å²) in [5.74, 6) is 0.754. The Bertz CT molecular complexity index is 546. The summed E-state index contributed by atoms with van der Waals surface area (Å²) in [5.41, 5.74) is 7.02. The number of rotatable bonds is 5. The van der Waals surface area contributed by atoms with Crippen LogP contribution in [0.15, 0.2) is 23.1 Å². The molecule has 0 unspecified atom stereocenters. The minimum atomic E-state index is -3.35. The third-order valence-corrected chi connectivity index (χ3v) is 5.61. The minimum Gasteiger partial charge on any atom is -0.399 e. The Labute approximate surface area is 118 Å². The van der Waals surface area contributed by atoms with Crippen molar-refractivity contribution in [3.8, 4) is 0 Å². The van der Waals surface area contributed by atoms with Crippen LogP contribution < -0.4 is 10.0 Å². The van der Waals surface area contributed by atoms with Crippen molar-refractivity contribution in [1.82, 2.24) is 0 Å². The molecule has 7 heteroatoms. The van der Waals surface area contributed by atoms with Crippen LogP contribution in [0.2, 0.25) is 0 Å². The van der Waals surface area contributed by atoms with E-state index in [1.165, 1.54) is 4.31 Å². The van der Waals surface area contributed by atoms with Gasteiger partial charge in [-0.1, -0.05) is 0 Å². The average Bonchev–Trinajstić information content (AvgIpc) is 2.38. The average molecular weight is 302 g/mol. The molecule has 5 nitrogen and oxygen atoms in total. The smallest absolute Gasteiger partial charge is 0.237 e. The minimum absolute atomic E-state index is 0.000252. The summed E-state index contributed by atoms with van der Waals surface area (Å²) >= 11 is 1.65. The first-order chi connectivity index (χ1) is 9.04. The largest absolute Gasteiger partial charge is 0.399 e. The molecule has 1 heterocycles. The van der Waals surface area contributed by atoms with E-state index in [1.807, 2.05) is 13.0 Å². The number of thioether (sulfide) groups is 1. The zero-order chi connectivity index (χ0) is 13.9. The van der Waals surface area contributed by atoms with Gasteiger partial charge in [0.2, 0.25) is 10.0 Å². The van der Waals surface area contributed by atoms with E-state index in [1.54, 1.807) is 23.9 Å². The Morgan fingerprint density at radius 1 is 1.47 bits per heavy atom. The lowest BCUT2D eigenvalue weighted by atomic mass is 10.3. The lowest BCUT2D eigenvalue weighted by Gasteiger charge is -2.30. The van der Waals surface area contributed by atoms with Gasteiger partial charge in [-0.25, -0.2) is 8.42 Å². The fourth-order valence-electron chi connectivity index (χ4n) is 1.92. The van der Waals surface area contributed by atoms with E-state index in [0.717, 1.165) is 10.6 Å². The fourth-order valence-corrected chi connectivity index (χ4v) is 4.44. The molecular weight excluding hydrogens is 284 g/mol. The zero-order valence-corrected chi connectivity index (χ0v) is 12.5. The number of benzene rings is 1. The van der Waals surface area contributed by atoms with E-state index < -0.39 is 10.0 Å². The Kier molecular flexibility index (Phi) is 4.59. The predicted molar refractivity (Wildman–Crippen MR) is 79.2 cm³/mol. The normalized spacial score (nSPS) is 15.3. The monoisotopic (exact) mass is 302 g/mol. The SMILES string of the molecule is CCOCCS(=O)(=O)N1CCSc2ccc(N)cc21. The third kappa shape index (κ3) is 3.34. The first-order valence-electron chi connectivity index (χ1n) is 6.15. The van der Waals surface area contributed by atoms with Gasteiger partial charge < -0.3 is 10.5 Å². The molecular formula is C12H18N2O3S2. The molecule has 0 amide bonds. The summed E-state index contributed by atoms with van der Waals surface area (Å²) in [5, 5.41) is 0. The van der Waals surface area contributed by atoms with Crippen LogP contribution in [0, 0.1) is 0 Å². The van der Waals surface area contributed by atoms with Gasteiger partial charge in [-0.05, 0) is 25.1 Å². The van der Waals surface area contributed by atoms with Gasteiger partial charge in [0.05, 0.1) is 18.0 Å². The van der Waals surface area contributed by atoms with Gasteiger partial charge in [0, 0.05) is 29.5 Å². The van der Waals surface area contributed by atoms with Crippen molar-refractivity contribution in [2.24, 2.45) is 0 Å². The standard InChI is InChI=1S/C12H18N2O3S2/c1-2-17-6-8-19(15,16)14-5-7-18-12-4-3-10(13)9-11(12)14/h3-4,9H,2,5-8,13H2,1H3. The number of hydrogen-bond acceptors (Lipinski definition) is 5. The van der Waals surface area contributed by atoms with E-state index >= 15 is 0 Å². The maximum absolute atomic E-state index is 12.3. The molecule has 1 aliphatic heterocycles. The van der Waals surface area contributed by atoms with Crippen molar-refractivity contribution in [1.29, 1.82) is 0 Å². The van der Waals surface area contributed by atoms with Gasteiger partial charge >= 0.3 is 0 Å². The maximum Gasteiger partial charge on any atom is 0.237 e. The number of ether oxygens (including phenoxy) is 1. The van der Waals surface area contributed by atoms with Crippen LogP contribution in [0.5, 0.6) is 0 Å². The van der Waals surface area contributed by atoms with E-state index in [0.29, 0.717) is 24.5 Å². The van der Waals surface area contributed by atoms with Crippen molar-refractivity contribution < 1.29 is 13.2 Å². The highest BCUT2D eigenvalue weighted by Gasteiger charge is 2.27. The van der Waals surface area contributed by atoms with Gasteiger partial charge in [-0.15, -0.1) is 11.8 Å². The molecule has 1 aliphatic rings. The van der Waals surface area contributed by atoms with Crippen molar-refractivity contribution in [3.05, 3.63) is 18.2 Å². The molecule has 0 atom stereocenters. The molecule has 2 rings (SSSR count). The number of hydrogen-bond donors (Lipinski definition) is 1. The quantitative estimate of drug-likeness (QED) is 0.660. The molecule has 0 saturated heterocycles. The molecule has 0 aromatic heterocycles. The van der Waals surface area contributed by atoms with Gasteiger partial charge in [-0.2, -0.15) is 0 Å². The maximum atomic E-state index is 12.3. The summed E-state index contributed by atoms with van der Waals surface area (Å²) < 4.78 is 31.2. The van der Waals surface area contributed by atoms with E-state index in [2.05, 4.69) is 0 Å². The Hall–Kier alpha value is -0.920. The number of nitrogen functional groups attached to an aromatic ring is 1. The molecule has 0 radical (unpaired) electrons. The predicted octanol–water partition coefficient (Wildman–Crippen LogP) is 1.55. The summed E-state index contributed by atoms with van der Waals surface area (Å²) in [6, 6.07) is 5.39. The van der Waals surface area contributed by atoms with E-state index in [9.17, 15) is 8.42 Å². The number of nitrogens with two attached hydrogens (primary N) is 1. The van der Waals surface area contributed by atoms with Crippen LogP contribution in [-0.4, -0.2) is 39.7 Å². The molecule has 1 aromatic rings. The Morgan fingerprint density at radius 3 is 3.00 bits per heavy atom. The molecule has 0 fully saturated rings. The van der Waals surface area contributed by atoms with E-state index in [-0.39, 0.29) is 12.4 Å². The van der Waals surface area contributed by atoms with Crippen LogP contribution in [0.1, 0.15) is 6.92 Å². The number of fused-ring (bicyclic) bond motifs is 1. The van der Waals surface area contributed by atoms with Crippen LogP contribution in [0.4, 0.5) is 11.4 Å². The van der Waals surface area contributed by atoms with Crippen LogP contribution in [-0.2, 0) is 14.8 Å². The van der Waals surface area contributed by atoms with E-state index in [4.69, 9.17) is 10.5 Å². The van der Waals surface area contributed by atoms with Crippen molar-refractivity contribution in [3.63, 3.8) is 0 Å². The molecule has 0 saturated carbocycles. The van der Waals surface area contributed by atoms with Gasteiger partial charge in [0.25, 0.3) is 0 Å². The number of nitrogens with zero attached hydrogens (tertiary/aromatic N) is 1. The van der Waals surface area contributed by atoms with Crippen molar-refractivity contribution in [2.75, 3.05) is 41.3 Å². The highest BCUT2D eigenvalue weighted by molar-refractivity contribution is 8.00. The molecule has 19 heavy (non-hydrogen) atoms. The van der Waals surface area contributed by atoms with Gasteiger partial charge in [0.15, 0.2) is 0 Å². The topological polar surface area (TPSA) is 72.6 Å². The summed E-state index contributed by atoms with van der Waals surface area (Å²) in [7, 11) is -3.35. The van der Waals surface area contributed by atoms with Crippen LogP contribution in [0.25, 0.3) is 0 Å². The lowest BCUT2D eigenvalue weighted by Crippen LogP contribution is -2.38. The second kappa shape index (κ2) is 6.02. The van der Waals surface area contributed by atoms with Crippen LogP contribution >= 0.6 is 11.8 Å². The van der Waals surface area contributed by atoms with Crippen LogP contribution in [0.3, 0.4) is 0 Å². The second-order valence-corrected chi connectivity index (χ2v) is 7.31. The first kappa shape index (κ1) is 14.5. The number of sulfonamides is 1. The molecule has 0 aliphatic carbocycles. The third-order valence-electron chi connectivity index (χ3n) is 2.83. The zero-order valence-electron chi connectivity index (χ0n) is 10.8. The summed E-state index contributed by atoms with van der Waals surface area (Å²) in [6.07, 6.45) is 0. The fraction of sp³-hybridized carbons (Fsp3) is 0.500. The highest BCUT2D eigenvalue weighted by atomic mass is 32.2. The molecule has 0 bridgehead atoms. The lowest BCUT2D eigenvalue weighted by molar-refractivity contribution is 0.163. The first-order valence-corrected chi connectivity index (χ1v) is 8.74. The number of anilines is 2. The highest BCUT2D eigenvalue weighted by Crippen LogP contribution is 2.37. The van der Waals surface area contributed by atoms with Gasteiger partial charge in [-0.3, -0.25) is 4.31 Å². The van der Waals surface area contributed by atoms with Gasteiger partial charge in [0.1, 0.15) is 0 Å². The molecule has 2 N–H and O–H groups in total. The Morgan fingerprint density at radius 2 is 2.26 bits per heavy atom.